The molecule has 1 aromatic heterocycles. The summed E-state index contributed by atoms with van der Waals surface area (Å²) >= 11 is 3.30. The molecule has 20 heavy (non-hydrogen) atoms. The van der Waals surface area contributed by atoms with Crippen LogP contribution in [0.3, 0.4) is 0 Å². The van der Waals surface area contributed by atoms with Gasteiger partial charge in [0, 0.05) is 6.07 Å². The van der Waals surface area contributed by atoms with Crippen LogP contribution in [0.5, 0.6) is 5.75 Å². The summed E-state index contributed by atoms with van der Waals surface area (Å²) in [4.78, 5) is 10.7. The fourth-order valence-corrected chi connectivity index (χ4v) is 2.21. The topological polar surface area (TPSA) is 65.5 Å². The predicted octanol–water partition coefficient (Wildman–Crippen LogP) is 4.80. The van der Waals surface area contributed by atoms with Gasteiger partial charge in [0.2, 0.25) is 0 Å². The molecule has 1 heterocycles. The number of unbranched alkanes of at least 4 members (excludes halogenated alkanes) is 1. The van der Waals surface area contributed by atoms with E-state index in [0.717, 1.165) is 12.8 Å². The first kappa shape index (κ1) is 14.6. The lowest BCUT2D eigenvalue weighted by Gasteiger charge is -2.09. The molecule has 0 N–H and O–H groups in total. The normalized spacial score (nSPS) is 10.5. The third-order valence-electron chi connectivity index (χ3n) is 2.79. The molecular formula is C14H14BrNO4. The summed E-state index contributed by atoms with van der Waals surface area (Å²) in [7, 11) is 0. The molecule has 5 nitrogen and oxygen atoms in total. The van der Waals surface area contributed by atoms with E-state index >= 15 is 0 Å². The number of nitro groups is 1. The minimum absolute atomic E-state index is 0.0188. The van der Waals surface area contributed by atoms with Crippen molar-refractivity contribution in [2.45, 2.75) is 19.8 Å². The lowest BCUT2D eigenvalue weighted by atomic mass is 10.1. The molecule has 0 aliphatic carbocycles. The van der Waals surface area contributed by atoms with E-state index in [9.17, 15) is 10.1 Å². The van der Waals surface area contributed by atoms with Crippen LogP contribution in [0.15, 0.2) is 39.4 Å². The van der Waals surface area contributed by atoms with Crippen LogP contribution in [0.4, 0.5) is 5.69 Å². The molecule has 0 bridgehead atoms. The molecule has 0 aliphatic rings. The lowest BCUT2D eigenvalue weighted by molar-refractivity contribution is -0.384. The van der Waals surface area contributed by atoms with Gasteiger partial charge in [-0.2, -0.15) is 0 Å². The number of rotatable bonds is 6. The molecule has 0 spiro atoms. The number of ether oxygens (including phenoxy) is 1. The predicted molar refractivity (Wildman–Crippen MR) is 78.9 cm³/mol. The smallest absolute Gasteiger partial charge is 0.281 e. The number of hydrogen-bond acceptors (Lipinski definition) is 4. The van der Waals surface area contributed by atoms with Crippen LogP contribution < -0.4 is 4.74 Å². The summed E-state index contributed by atoms with van der Waals surface area (Å²) < 4.78 is 11.5. The van der Waals surface area contributed by atoms with Crippen molar-refractivity contribution in [3.05, 3.63) is 45.1 Å². The first-order valence-corrected chi connectivity index (χ1v) is 7.07. The van der Waals surface area contributed by atoms with Gasteiger partial charge < -0.3 is 9.15 Å². The van der Waals surface area contributed by atoms with Crippen LogP contribution in [-0.2, 0) is 0 Å². The molecule has 1 aromatic carbocycles. The fourth-order valence-electron chi connectivity index (χ4n) is 1.76. The van der Waals surface area contributed by atoms with Gasteiger partial charge in [-0.3, -0.25) is 10.1 Å². The molecule has 0 unspecified atom stereocenters. The summed E-state index contributed by atoms with van der Waals surface area (Å²) in [5.74, 6) is 1.03. The number of halogens is 1. The van der Waals surface area contributed by atoms with Crippen LogP contribution in [-0.4, -0.2) is 11.5 Å². The number of furan rings is 1. The highest BCUT2D eigenvalue weighted by atomic mass is 79.9. The van der Waals surface area contributed by atoms with Crippen LogP contribution in [0.2, 0.25) is 0 Å². The number of nitrogens with zero attached hydrogens (tertiary/aromatic N) is 1. The van der Waals surface area contributed by atoms with E-state index in [1.54, 1.807) is 18.2 Å². The Morgan fingerprint density at radius 1 is 1.45 bits per heavy atom. The summed E-state index contributed by atoms with van der Waals surface area (Å²) in [6.07, 6.45) is 3.44. The minimum Gasteiger partial charge on any atom is -0.492 e. The van der Waals surface area contributed by atoms with Gasteiger partial charge in [0.15, 0.2) is 0 Å². The zero-order chi connectivity index (χ0) is 14.5. The Balaban J connectivity index is 2.41. The lowest BCUT2D eigenvalue weighted by Crippen LogP contribution is -1.99. The maximum atomic E-state index is 11.1. The molecule has 0 atom stereocenters. The van der Waals surface area contributed by atoms with Gasteiger partial charge in [-0.1, -0.05) is 13.3 Å². The third-order valence-corrected chi connectivity index (χ3v) is 3.41. The van der Waals surface area contributed by atoms with E-state index in [4.69, 9.17) is 9.15 Å². The standard InChI is InChI=1S/C14H14BrNO4/c1-2-3-6-20-14-8-10(13-5-4-7-19-13)12(16(17)18)9-11(14)15/h4-5,7-9H,2-3,6H2,1H3. The van der Waals surface area contributed by atoms with Gasteiger partial charge in [-0.25, -0.2) is 0 Å². The molecule has 0 saturated heterocycles. The monoisotopic (exact) mass is 339 g/mol. The van der Waals surface area contributed by atoms with E-state index in [1.807, 2.05) is 0 Å². The largest absolute Gasteiger partial charge is 0.492 e. The quantitative estimate of drug-likeness (QED) is 0.431. The Bertz CT molecular complexity index is 595. The molecule has 6 heteroatoms. The summed E-state index contributed by atoms with van der Waals surface area (Å²) in [6, 6.07) is 6.46. The average Bonchev–Trinajstić information content (AvgIpc) is 2.94. The van der Waals surface area contributed by atoms with Crippen LogP contribution in [0.1, 0.15) is 19.8 Å². The van der Waals surface area contributed by atoms with Gasteiger partial charge in [0.1, 0.15) is 11.5 Å². The zero-order valence-electron chi connectivity index (χ0n) is 11.0. The molecule has 106 valence electrons. The van der Waals surface area contributed by atoms with Crippen molar-refractivity contribution in [2.75, 3.05) is 6.61 Å². The Kier molecular flexibility index (Phi) is 4.79. The number of hydrogen-bond donors (Lipinski definition) is 0. The minimum atomic E-state index is -0.432. The maximum Gasteiger partial charge on any atom is 0.281 e. The van der Waals surface area contributed by atoms with Crippen molar-refractivity contribution in [1.82, 2.24) is 0 Å². The van der Waals surface area contributed by atoms with Crippen molar-refractivity contribution >= 4 is 21.6 Å². The highest BCUT2D eigenvalue weighted by Gasteiger charge is 2.21. The first-order valence-electron chi connectivity index (χ1n) is 6.28. The van der Waals surface area contributed by atoms with Gasteiger partial charge in [-0.05, 0) is 40.5 Å². The second-order valence-corrected chi connectivity index (χ2v) is 5.09. The average molecular weight is 340 g/mol. The number of nitro benzene ring substituents is 1. The molecular weight excluding hydrogens is 326 g/mol. The summed E-state index contributed by atoms with van der Waals surface area (Å²) in [6.45, 7) is 2.65. The Morgan fingerprint density at radius 3 is 2.85 bits per heavy atom. The van der Waals surface area contributed by atoms with Crippen molar-refractivity contribution in [1.29, 1.82) is 0 Å². The molecule has 0 fully saturated rings. The molecule has 0 aliphatic heterocycles. The molecule has 0 amide bonds. The Labute approximate surface area is 124 Å². The van der Waals surface area contributed by atoms with Crippen molar-refractivity contribution in [3.63, 3.8) is 0 Å². The van der Waals surface area contributed by atoms with Crippen LogP contribution in [0, 0.1) is 10.1 Å². The fraction of sp³-hybridized carbons (Fsp3) is 0.286. The van der Waals surface area contributed by atoms with E-state index in [1.165, 1.54) is 12.3 Å². The Hall–Kier alpha value is -1.82. The second-order valence-electron chi connectivity index (χ2n) is 4.24. The van der Waals surface area contributed by atoms with Gasteiger partial charge in [0.05, 0.1) is 27.8 Å². The van der Waals surface area contributed by atoms with Gasteiger partial charge in [-0.15, -0.1) is 0 Å². The zero-order valence-corrected chi connectivity index (χ0v) is 12.6. The second kappa shape index (κ2) is 6.56. The van der Waals surface area contributed by atoms with Crippen LogP contribution in [0.25, 0.3) is 11.3 Å². The van der Waals surface area contributed by atoms with Crippen molar-refractivity contribution in [2.24, 2.45) is 0 Å². The van der Waals surface area contributed by atoms with E-state index in [0.29, 0.717) is 28.2 Å². The number of benzene rings is 1. The SMILES string of the molecule is CCCCOc1cc(-c2ccco2)c([N+](=O)[O-])cc1Br. The molecule has 2 rings (SSSR count). The van der Waals surface area contributed by atoms with Crippen LogP contribution >= 0.6 is 15.9 Å². The molecule has 2 aromatic rings. The third kappa shape index (κ3) is 3.19. The Morgan fingerprint density at radius 2 is 2.25 bits per heavy atom. The molecule has 0 radical (unpaired) electrons. The summed E-state index contributed by atoms with van der Waals surface area (Å²) in [5.41, 5.74) is 0.393. The summed E-state index contributed by atoms with van der Waals surface area (Å²) in [5, 5.41) is 11.1. The van der Waals surface area contributed by atoms with E-state index < -0.39 is 4.92 Å². The van der Waals surface area contributed by atoms with Crippen molar-refractivity contribution < 1.29 is 14.1 Å². The van der Waals surface area contributed by atoms with E-state index in [-0.39, 0.29) is 5.69 Å². The first-order chi connectivity index (χ1) is 9.63. The van der Waals surface area contributed by atoms with Gasteiger partial charge in [0.25, 0.3) is 5.69 Å². The molecule has 0 saturated carbocycles. The highest BCUT2D eigenvalue weighted by Crippen LogP contribution is 2.38. The maximum absolute atomic E-state index is 11.1. The van der Waals surface area contributed by atoms with E-state index in [2.05, 4.69) is 22.9 Å². The highest BCUT2D eigenvalue weighted by molar-refractivity contribution is 9.10. The van der Waals surface area contributed by atoms with Crippen molar-refractivity contribution in [3.8, 4) is 17.1 Å². The van der Waals surface area contributed by atoms with Gasteiger partial charge >= 0.3 is 0 Å².